The van der Waals surface area contributed by atoms with Gasteiger partial charge in [-0.3, -0.25) is 14.9 Å². The zero-order chi connectivity index (χ0) is 19.3. The number of nitrogens with one attached hydrogen (secondary N) is 1. The highest BCUT2D eigenvalue weighted by molar-refractivity contribution is 9.10. The van der Waals surface area contributed by atoms with Crippen LogP contribution in [0.3, 0.4) is 0 Å². The molecule has 0 atom stereocenters. The molecule has 0 heterocycles. The number of halogens is 1. The molecule has 0 aliphatic rings. The maximum atomic E-state index is 12.1. The first-order valence-electron chi connectivity index (χ1n) is 7.51. The van der Waals surface area contributed by atoms with Crippen molar-refractivity contribution in [2.45, 2.75) is 6.92 Å². The molecule has 0 saturated heterocycles. The summed E-state index contributed by atoms with van der Waals surface area (Å²) in [5.74, 6) is 0.678. The molecule has 2 aromatic carbocycles. The Balaban J connectivity index is 2.19. The number of hydrogen-bond acceptors (Lipinski definition) is 5. The van der Waals surface area contributed by atoms with Gasteiger partial charge in [0.15, 0.2) is 11.5 Å². The van der Waals surface area contributed by atoms with E-state index < -0.39 is 10.8 Å². The van der Waals surface area contributed by atoms with Crippen molar-refractivity contribution in [3.63, 3.8) is 0 Å². The molecule has 1 amide bonds. The Bertz CT molecular complexity index is 880. The van der Waals surface area contributed by atoms with Gasteiger partial charge in [-0.1, -0.05) is 6.07 Å². The van der Waals surface area contributed by atoms with Crippen LogP contribution in [0.2, 0.25) is 0 Å². The summed E-state index contributed by atoms with van der Waals surface area (Å²) in [6, 6.07) is 7.81. The number of carbonyl (C=O) groups is 1. The standard InChI is InChI=1S/C18H17BrN2O5/c1-11-4-6-13(21(23)24)10-15(11)20-17(22)7-5-12-8-14(19)18(26-3)16(9-12)25-2/h4-10H,1-3H3,(H,20,22). The second-order valence-electron chi connectivity index (χ2n) is 5.32. The van der Waals surface area contributed by atoms with Crippen LogP contribution in [0.15, 0.2) is 40.9 Å². The number of methoxy groups -OCH3 is 2. The Labute approximate surface area is 158 Å². The summed E-state index contributed by atoms with van der Waals surface area (Å²) in [5, 5.41) is 13.5. The molecule has 0 unspecified atom stereocenters. The monoisotopic (exact) mass is 420 g/mol. The maximum Gasteiger partial charge on any atom is 0.271 e. The lowest BCUT2D eigenvalue weighted by Gasteiger charge is -2.10. The third-order valence-corrected chi connectivity index (χ3v) is 4.16. The molecular weight excluding hydrogens is 404 g/mol. The van der Waals surface area contributed by atoms with Crippen LogP contribution in [-0.2, 0) is 4.79 Å². The van der Waals surface area contributed by atoms with Crippen molar-refractivity contribution in [3.8, 4) is 11.5 Å². The number of non-ortho nitro benzene ring substituents is 1. The van der Waals surface area contributed by atoms with Gasteiger partial charge in [-0.2, -0.15) is 0 Å². The molecule has 0 saturated carbocycles. The van der Waals surface area contributed by atoms with Crippen molar-refractivity contribution in [2.75, 3.05) is 19.5 Å². The molecule has 0 radical (unpaired) electrons. The van der Waals surface area contributed by atoms with Crippen LogP contribution in [0, 0.1) is 17.0 Å². The van der Waals surface area contributed by atoms with Gasteiger partial charge in [0.25, 0.3) is 5.69 Å². The number of aryl methyl sites for hydroxylation is 1. The maximum absolute atomic E-state index is 12.1. The van der Waals surface area contributed by atoms with Crippen molar-refractivity contribution < 1.29 is 19.2 Å². The SMILES string of the molecule is COc1cc(C=CC(=O)Nc2cc([N+](=O)[O-])ccc2C)cc(Br)c1OC. The van der Waals surface area contributed by atoms with Gasteiger partial charge in [0.05, 0.1) is 29.3 Å². The first-order chi connectivity index (χ1) is 12.3. The number of rotatable bonds is 6. The van der Waals surface area contributed by atoms with E-state index in [0.29, 0.717) is 21.7 Å². The van der Waals surface area contributed by atoms with Crippen LogP contribution < -0.4 is 14.8 Å². The third kappa shape index (κ3) is 4.60. The first-order valence-corrected chi connectivity index (χ1v) is 8.30. The molecule has 0 aliphatic heterocycles. The lowest BCUT2D eigenvalue weighted by Crippen LogP contribution is -2.09. The topological polar surface area (TPSA) is 90.7 Å². The second kappa shape index (κ2) is 8.48. The van der Waals surface area contributed by atoms with E-state index in [0.717, 1.165) is 11.1 Å². The summed E-state index contributed by atoms with van der Waals surface area (Å²) in [4.78, 5) is 22.5. The molecule has 0 fully saturated rings. The average Bonchev–Trinajstić information content (AvgIpc) is 2.61. The molecule has 26 heavy (non-hydrogen) atoms. The van der Waals surface area contributed by atoms with Crippen LogP contribution in [-0.4, -0.2) is 25.1 Å². The summed E-state index contributed by atoms with van der Waals surface area (Å²) in [6.45, 7) is 1.76. The van der Waals surface area contributed by atoms with Crippen molar-refractivity contribution in [2.24, 2.45) is 0 Å². The molecule has 8 heteroatoms. The van der Waals surface area contributed by atoms with Crippen LogP contribution in [0.25, 0.3) is 6.08 Å². The molecule has 0 aliphatic carbocycles. The fourth-order valence-corrected chi connectivity index (χ4v) is 2.86. The number of hydrogen-bond donors (Lipinski definition) is 1. The summed E-state index contributed by atoms with van der Waals surface area (Å²) < 4.78 is 11.2. The zero-order valence-corrected chi connectivity index (χ0v) is 16.0. The molecule has 7 nitrogen and oxygen atoms in total. The first kappa shape index (κ1) is 19.5. The number of nitro groups is 1. The number of amides is 1. The van der Waals surface area contributed by atoms with Gasteiger partial charge in [0, 0.05) is 18.2 Å². The van der Waals surface area contributed by atoms with Gasteiger partial charge < -0.3 is 14.8 Å². The number of carbonyl (C=O) groups excluding carboxylic acids is 1. The predicted octanol–water partition coefficient (Wildman–Crippen LogP) is 4.33. The van der Waals surface area contributed by atoms with Crippen LogP contribution in [0.4, 0.5) is 11.4 Å². The molecular formula is C18H17BrN2O5. The number of nitro benzene ring substituents is 1. The quantitative estimate of drug-likeness (QED) is 0.426. The minimum atomic E-state index is -0.508. The normalized spacial score (nSPS) is 10.6. The lowest BCUT2D eigenvalue weighted by molar-refractivity contribution is -0.384. The van der Waals surface area contributed by atoms with Gasteiger partial charge in [0.1, 0.15) is 0 Å². The zero-order valence-electron chi connectivity index (χ0n) is 14.4. The minimum absolute atomic E-state index is 0.0845. The van der Waals surface area contributed by atoms with Crippen molar-refractivity contribution >= 4 is 39.3 Å². The Kier molecular flexibility index (Phi) is 6.35. The highest BCUT2D eigenvalue weighted by Crippen LogP contribution is 2.36. The van der Waals surface area contributed by atoms with E-state index in [1.54, 1.807) is 31.2 Å². The van der Waals surface area contributed by atoms with E-state index in [2.05, 4.69) is 21.2 Å². The minimum Gasteiger partial charge on any atom is -0.493 e. The summed E-state index contributed by atoms with van der Waals surface area (Å²) >= 11 is 3.39. The van der Waals surface area contributed by atoms with Crippen LogP contribution in [0.5, 0.6) is 11.5 Å². The Hall–Kier alpha value is -2.87. The van der Waals surface area contributed by atoms with E-state index in [1.165, 1.54) is 32.4 Å². The Morgan fingerprint density at radius 3 is 2.58 bits per heavy atom. The lowest BCUT2D eigenvalue weighted by atomic mass is 10.1. The summed E-state index contributed by atoms with van der Waals surface area (Å²) in [6.07, 6.45) is 2.95. The molecule has 1 N–H and O–H groups in total. The smallest absolute Gasteiger partial charge is 0.271 e. The largest absolute Gasteiger partial charge is 0.493 e. The highest BCUT2D eigenvalue weighted by atomic mass is 79.9. The summed E-state index contributed by atoms with van der Waals surface area (Å²) in [7, 11) is 3.06. The van der Waals surface area contributed by atoms with Crippen molar-refractivity contribution in [3.05, 3.63) is 62.1 Å². The molecule has 0 spiro atoms. The number of ether oxygens (including phenoxy) is 2. The predicted molar refractivity (Wildman–Crippen MR) is 103 cm³/mol. The molecule has 2 aromatic rings. The fourth-order valence-electron chi connectivity index (χ4n) is 2.24. The van der Waals surface area contributed by atoms with Gasteiger partial charge in [-0.25, -0.2) is 0 Å². The van der Waals surface area contributed by atoms with Gasteiger partial charge in [-0.15, -0.1) is 0 Å². The van der Waals surface area contributed by atoms with E-state index in [-0.39, 0.29) is 5.69 Å². The van der Waals surface area contributed by atoms with Gasteiger partial charge in [0.2, 0.25) is 5.91 Å². The van der Waals surface area contributed by atoms with E-state index in [4.69, 9.17) is 9.47 Å². The Morgan fingerprint density at radius 2 is 1.96 bits per heavy atom. The number of benzene rings is 2. The van der Waals surface area contributed by atoms with E-state index >= 15 is 0 Å². The van der Waals surface area contributed by atoms with Crippen molar-refractivity contribution in [1.82, 2.24) is 0 Å². The van der Waals surface area contributed by atoms with Gasteiger partial charge >= 0.3 is 0 Å². The Morgan fingerprint density at radius 1 is 1.23 bits per heavy atom. The summed E-state index contributed by atoms with van der Waals surface area (Å²) in [5.41, 5.74) is 1.76. The van der Waals surface area contributed by atoms with Gasteiger partial charge in [-0.05, 0) is 52.2 Å². The third-order valence-electron chi connectivity index (χ3n) is 3.57. The van der Waals surface area contributed by atoms with Crippen molar-refractivity contribution in [1.29, 1.82) is 0 Å². The average molecular weight is 421 g/mol. The highest BCUT2D eigenvalue weighted by Gasteiger charge is 2.11. The van der Waals surface area contributed by atoms with Crippen LogP contribution >= 0.6 is 15.9 Å². The van der Waals surface area contributed by atoms with Crippen LogP contribution in [0.1, 0.15) is 11.1 Å². The molecule has 136 valence electrons. The van der Waals surface area contributed by atoms with E-state index in [9.17, 15) is 14.9 Å². The van der Waals surface area contributed by atoms with E-state index in [1.807, 2.05) is 0 Å². The number of anilines is 1. The number of nitrogens with zero attached hydrogens (tertiary/aromatic N) is 1. The molecule has 0 bridgehead atoms. The molecule has 2 rings (SSSR count). The molecule has 0 aromatic heterocycles. The second-order valence-corrected chi connectivity index (χ2v) is 6.17. The fraction of sp³-hybridized carbons (Fsp3) is 0.167.